The number of carbonyl (C=O) groups is 1. The Labute approximate surface area is 148 Å². The summed E-state index contributed by atoms with van der Waals surface area (Å²) in [5, 5.41) is 0.575. The van der Waals surface area contributed by atoms with Gasteiger partial charge in [-0.05, 0) is 42.5 Å². The predicted octanol–water partition coefficient (Wildman–Crippen LogP) is 6.14. The first-order chi connectivity index (χ1) is 11.7. The summed E-state index contributed by atoms with van der Waals surface area (Å²) in [5.41, 5.74) is 1.52. The Morgan fingerprint density at radius 3 is 2.42 bits per heavy atom. The fraction of sp³-hybridized carbons (Fsp3) is 0. The Bertz CT molecular complexity index is 914. The lowest BCUT2D eigenvalue weighted by Gasteiger charge is -2.30. The molecule has 1 aliphatic heterocycles. The van der Waals surface area contributed by atoms with E-state index in [2.05, 4.69) is 0 Å². The Balaban J connectivity index is 1.79. The summed E-state index contributed by atoms with van der Waals surface area (Å²) in [6.45, 7) is 0. The molecule has 118 valence electrons. The lowest BCUT2D eigenvalue weighted by atomic mass is 10.2. The molecule has 0 bridgehead atoms. The molecule has 4 rings (SSSR count). The van der Waals surface area contributed by atoms with E-state index in [1.165, 1.54) is 0 Å². The van der Waals surface area contributed by atoms with Crippen molar-refractivity contribution in [1.29, 1.82) is 0 Å². The molecular weight excluding hydrogens is 342 g/mol. The minimum atomic E-state index is -0.461. The third-order valence-corrected chi connectivity index (χ3v) is 4.98. The molecule has 3 nitrogen and oxygen atoms in total. The van der Waals surface area contributed by atoms with Crippen molar-refractivity contribution in [1.82, 2.24) is 0 Å². The third-order valence-electron chi connectivity index (χ3n) is 3.62. The van der Waals surface area contributed by atoms with Gasteiger partial charge in [0.25, 0.3) is 0 Å². The SMILES string of the molecule is O=C(Oc1ccccc1)N1c2ccccc2Sc2ccc(Cl)cc21. The molecule has 0 spiro atoms. The van der Waals surface area contributed by atoms with Crippen molar-refractivity contribution in [3.63, 3.8) is 0 Å². The summed E-state index contributed by atoms with van der Waals surface area (Å²) in [6.07, 6.45) is -0.461. The Hall–Kier alpha value is -2.43. The fourth-order valence-electron chi connectivity index (χ4n) is 2.56. The van der Waals surface area contributed by atoms with Crippen molar-refractivity contribution in [3.8, 4) is 5.75 Å². The average molecular weight is 354 g/mol. The van der Waals surface area contributed by atoms with Gasteiger partial charge in [-0.1, -0.05) is 53.7 Å². The highest BCUT2D eigenvalue weighted by Crippen LogP contribution is 2.48. The number of nitrogens with zero attached hydrogens (tertiary/aromatic N) is 1. The molecular formula is C19H12ClNO2S. The van der Waals surface area contributed by atoms with Gasteiger partial charge in [0.15, 0.2) is 0 Å². The number of ether oxygens (including phenoxy) is 1. The summed E-state index contributed by atoms with van der Waals surface area (Å²) in [5.74, 6) is 0.502. The number of amides is 1. The summed E-state index contributed by atoms with van der Waals surface area (Å²) in [6, 6.07) is 22.3. The number of para-hydroxylation sites is 2. The predicted molar refractivity (Wildman–Crippen MR) is 96.6 cm³/mol. The molecule has 0 aliphatic carbocycles. The number of hydrogen-bond donors (Lipinski definition) is 0. The molecule has 1 amide bonds. The van der Waals surface area contributed by atoms with Crippen LogP contribution in [0.4, 0.5) is 16.2 Å². The zero-order valence-electron chi connectivity index (χ0n) is 12.5. The standard InChI is InChI=1S/C19H12ClNO2S/c20-13-10-11-18-16(12-13)21(15-8-4-5-9-17(15)24-18)19(22)23-14-6-2-1-3-7-14/h1-12H. The van der Waals surface area contributed by atoms with E-state index < -0.39 is 6.09 Å². The van der Waals surface area contributed by atoms with Gasteiger partial charge in [0.05, 0.1) is 11.4 Å². The molecule has 3 aromatic rings. The third kappa shape index (κ3) is 2.75. The van der Waals surface area contributed by atoms with Crippen LogP contribution < -0.4 is 9.64 Å². The van der Waals surface area contributed by atoms with E-state index >= 15 is 0 Å². The molecule has 0 N–H and O–H groups in total. The lowest BCUT2D eigenvalue weighted by Crippen LogP contribution is -2.31. The highest BCUT2D eigenvalue weighted by molar-refractivity contribution is 7.99. The van der Waals surface area contributed by atoms with Crippen LogP contribution in [0.5, 0.6) is 5.75 Å². The van der Waals surface area contributed by atoms with Crippen LogP contribution in [0.15, 0.2) is 82.6 Å². The first-order valence-electron chi connectivity index (χ1n) is 7.36. The smallest absolute Gasteiger partial charge is 0.410 e. The van der Waals surface area contributed by atoms with E-state index in [9.17, 15) is 4.79 Å². The summed E-state index contributed by atoms with van der Waals surface area (Å²) in [7, 11) is 0. The maximum Gasteiger partial charge on any atom is 0.424 e. The molecule has 3 aromatic carbocycles. The Morgan fingerprint density at radius 1 is 0.875 bits per heavy atom. The van der Waals surface area contributed by atoms with E-state index in [-0.39, 0.29) is 0 Å². The van der Waals surface area contributed by atoms with Gasteiger partial charge in [-0.15, -0.1) is 0 Å². The summed E-state index contributed by atoms with van der Waals surface area (Å²) >= 11 is 7.76. The molecule has 0 unspecified atom stereocenters. The Morgan fingerprint density at radius 2 is 1.58 bits per heavy atom. The average Bonchev–Trinajstić information content (AvgIpc) is 2.60. The van der Waals surface area contributed by atoms with Crippen molar-refractivity contribution in [3.05, 3.63) is 77.8 Å². The molecule has 24 heavy (non-hydrogen) atoms. The van der Waals surface area contributed by atoms with E-state index in [0.717, 1.165) is 21.2 Å². The number of rotatable bonds is 1. The van der Waals surface area contributed by atoms with Crippen LogP contribution in [0.2, 0.25) is 5.02 Å². The quantitative estimate of drug-likeness (QED) is 0.526. The molecule has 0 saturated carbocycles. The minimum Gasteiger partial charge on any atom is -0.410 e. The van der Waals surface area contributed by atoms with Gasteiger partial charge in [0.1, 0.15) is 5.75 Å². The molecule has 0 radical (unpaired) electrons. The van der Waals surface area contributed by atoms with Crippen LogP contribution >= 0.6 is 23.4 Å². The molecule has 1 aliphatic rings. The van der Waals surface area contributed by atoms with E-state index in [0.29, 0.717) is 10.8 Å². The maximum absolute atomic E-state index is 12.9. The van der Waals surface area contributed by atoms with Gasteiger partial charge < -0.3 is 4.74 Å². The highest BCUT2D eigenvalue weighted by atomic mass is 35.5. The summed E-state index contributed by atoms with van der Waals surface area (Å²) < 4.78 is 5.54. The van der Waals surface area contributed by atoms with Crippen molar-refractivity contribution < 1.29 is 9.53 Å². The van der Waals surface area contributed by atoms with Crippen LogP contribution in [0.1, 0.15) is 0 Å². The molecule has 0 atom stereocenters. The highest BCUT2D eigenvalue weighted by Gasteiger charge is 2.29. The van der Waals surface area contributed by atoms with Crippen LogP contribution in [0.25, 0.3) is 0 Å². The number of hydrogen-bond acceptors (Lipinski definition) is 3. The Kier molecular flexibility index (Phi) is 3.92. The number of halogens is 1. The zero-order chi connectivity index (χ0) is 16.5. The number of carbonyl (C=O) groups excluding carboxylic acids is 1. The van der Waals surface area contributed by atoms with Crippen LogP contribution in [0.3, 0.4) is 0 Å². The van der Waals surface area contributed by atoms with Gasteiger partial charge in [0.2, 0.25) is 0 Å². The van der Waals surface area contributed by atoms with Crippen molar-refractivity contribution >= 4 is 40.8 Å². The first kappa shape index (κ1) is 15.1. The number of anilines is 2. The van der Waals surface area contributed by atoms with Gasteiger partial charge in [0, 0.05) is 14.8 Å². The van der Waals surface area contributed by atoms with Gasteiger partial charge in [-0.25, -0.2) is 9.69 Å². The lowest BCUT2D eigenvalue weighted by molar-refractivity contribution is 0.210. The van der Waals surface area contributed by atoms with Gasteiger partial charge in [-0.3, -0.25) is 0 Å². The summed E-state index contributed by atoms with van der Waals surface area (Å²) in [4.78, 5) is 16.4. The van der Waals surface area contributed by atoms with Crippen LogP contribution in [0, 0.1) is 0 Å². The maximum atomic E-state index is 12.9. The molecule has 0 aromatic heterocycles. The molecule has 0 fully saturated rings. The number of fused-ring (bicyclic) bond motifs is 2. The normalized spacial score (nSPS) is 12.3. The second kappa shape index (κ2) is 6.23. The van der Waals surface area contributed by atoms with E-state index in [4.69, 9.17) is 16.3 Å². The fourth-order valence-corrected chi connectivity index (χ4v) is 3.76. The van der Waals surface area contributed by atoms with E-state index in [1.807, 2.05) is 54.6 Å². The minimum absolute atomic E-state index is 0.461. The molecule has 0 saturated heterocycles. The van der Waals surface area contributed by atoms with Gasteiger partial charge in [-0.2, -0.15) is 0 Å². The van der Waals surface area contributed by atoms with Crippen molar-refractivity contribution in [2.75, 3.05) is 4.90 Å². The van der Waals surface area contributed by atoms with Crippen LogP contribution in [-0.2, 0) is 0 Å². The zero-order valence-corrected chi connectivity index (χ0v) is 14.1. The topological polar surface area (TPSA) is 29.5 Å². The monoisotopic (exact) mass is 353 g/mol. The van der Waals surface area contributed by atoms with Crippen LogP contribution in [-0.4, -0.2) is 6.09 Å². The number of benzene rings is 3. The second-order valence-electron chi connectivity index (χ2n) is 5.20. The van der Waals surface area contributed by atoms with Gasteiger partial charge >= 0.3 is 6.09 Å². The van der Waals surface area contributed by atoms with E-state index in [1.54, 1.807) is 34.9 Å². The second-order valence-corrected chi connectivity index (χ2v) is 6.72. The molecule has 1 heterocycles. The largest absolute Gasteiger partial charge is 0.424 e. The molecule has 5 heteroatoms. The first-order valence-corrected chi connectivity index (χ1v) is 8.55. The van der Waals surface area contributed by atoms with Crippen molar-refractivity contribution in [2.45, 2.75) is 9.79 Å². The van der Waals surface area contributed by atoms with Crippen molar-refractivity contribution in [2.24, 2.45) is 0 Å².